The number of nitrogens with two attached hydrogens (primary N) is 1. The van der Waals surface area contributed by atoms with Gasteiger partial charge in [0, 0.05) is 17.3 Å². The molecule has 3 N–H and O–H groups in total. The molecule has 66 valence electrons. The van der Waals surface area contributed by atoms with E-state index in [9.17, 15) is 0 Å². The Bertz CT molecular complexity index is 384. The van der Waals surface area contributed by atoms with Crippen molar-refractivity contribution in [3.8, 4) is 0 Å². The SMILES string of the molecule is Nc1[nH]ncc1Sc1ccncc1. The normalized spacial score (nSPS) is 10.2. The third-order valence-electron chi connectivity index (χ3n) is 1.51. The fourth-order valence-electron chi connectivity index (χ4n) is 0.900. The van der Waals surface area contributed by atoms with E-state index >= 15 is 0 Å². The zero-order valence-electron chi connectivity index (χ0n) is 6.77. The van der Waals surface area contributed by atoms with E-state index in [2.05, 4.69) is 15.2 Å². The van der Waals surface area contributed by atoms with Crippen molar-refractivity contribution < 1.29 is 0 Å². The van der Waals surface area contributed by atoms with Crippen LogP contribution < -0.4 is 5.73 Å². The average Bonchev–Trinajstić information content (AvgIpc) is 2.54. The van der Waals surface area contributed by atoms with Crippen LogP contribution in [0.15, 0.2) is 40.5 Å². The summed E-state index contributed by atoms with van der Waals surface area (Å²) in [5.41, 5.74) is 5.63. The number of hydrogen-bond donors (Lipinski definition) is 2. The average molecular weight is 192 g/mol. The summed E-state index contributed by atoms with van der Waals surface area (Å²) >= 11 is 1.56. The summed E-state index contributed by atoms with van der Waals surface area (Å²) in [6.07, 6.45) is 5.21. The van der Waals surface area contributed by atoms with Gasteiger partial charge in [0.25, 0.3) is 0 Å². The van der Waals surface area contributed by atoms with Gasteiger partial charge in [-0.15, -0.1) is 0 Å². The van der Waals surface area contributed by atoms with E-state index in [1.807, 2.05) is 12.1 Å². The predicted octanol–water partition coefficient (Wildman–Crippen LogP) is 1.54. The number of H-pyrrole nitrogens is 1. The molecule has 0 aliphatic heterocycles. The highest BCUT2D eigenvalue weighted by Gasteiger charge is 2.02. The van der Waals surface area contributed by atoms with Gasteiger partial charge in [-0.2, -0.15) is 5.10 Å². The fraction of sp³-hybridized carbons (Fsp3) is 0. The van der Waals surface area contributed by atoms with Gasteiger partial charge in [-0.05, 0) is 12.1 Å². The highest BCUT2D eigenvalue weighted by molar-refractivity contribution is 7.99. The molecule has 0 atom stereocenters. The summed E-state index contributed by atoms with van der Waals surface area (Å²) in [4.78, 5) is 5.97. The first-order chi connectivity index (χ1) is 6.36. The molecule has 0 radical (unpaired) electrons. The van der Waals surface area contributed by atoms with Crippen LogP contribution >= 0.6 is 11.8 Å². The van der Waals surface area contributed by atoms with Crippen LogP contribution in [0.5, 0.6) is 0 Å². The Kier molecular flexibility index (Phi) is 2.18. The van der Waals surface area contributed by atoms with Gasteiger partial charge in [-0.1, -0.05) is 11.8 Å². The third-order valence-corrected chi connectivity index (χ3v) is 2.56. The van der Waals surface area contributed by atoms with Crippen LogP contribution in [0.25, 0.3) is 0 Å². The minimum absolute atomic E-state index is 0.599. The molecule has 0 unspecified atom stereocenters. The first-order valence-electron chi connectivity index (χ1n) is 3.73. The molecule has 5 heteroatoms. The number of aromatic amines is 1. The number of hydrogen-bond acceptors (Lipinski definition) is 4. The second kappa shape index (κ2) is 3.49. The predicted molar refractivity (Wildman–Crippen MR) is 51.4 cm³/mol. The van der Waals surface area contributed by atoms with Crippen LogP contribution in [0.3, 0.4) is 0 Å². The summed E-state index contributed by atoms with van der Waals surface area (Å²) in [5.74, 6) is 0.599. The maximum absolute atomic E-state index is 5.63. The van der Waals surface area contributed by atoms with E-state index in [-0.39, 0.29) is 0 Å². The van der Waals surface area contributed by atoms with Crippen LogP contribution in [0.1, 0.15) is 0 Å². The molecule has 0 aliphatic rings. The Hall–Kier alpha value is -1.49. The lowest BCUT2D eigenvalue weighted by Crippen LogP contribution is -1.85. The van der Waals surface area contributed by atoms with Gasteiger partial charge in [-0.3, -0.25) is 10.1 Å². The summed E-state index contributed by atoms with van der Waals surface area (Å²) in [7, 11) is 0. The zero-order valence-corrected chi connectivity index (χ0v) is 7.58. The quantitative estimate of drug-likeness (QED) is 0.757. The lowest BCUT2D eigenvalue weighted by atomic mass is 10.5. The van der Waals surface area contributed by atoms with Crippen molar-refractivity contribution in [3.05, 3.63) is 30.7 Å². The number of rotatable bonds is 2. The summed E-state index contributed by atoms with van der Waals surface area (Å²) in [6.45, 7) is 0. The van der Waals surface area contributed by atoms with Crippen LogP contribution in [-0.2, 0) is 0 Å². The van der Waals surface area contributed by atoms with Crippen molar-refractivity contribution in [2.45, 2.75) is 9.79 Å². The Labute approximate surface area is 79.6 Å². The van der Waals surface area contributed by atoms with E-state index < -0.39 is 0 Å². The van der Waals surface area contributed by atoms with E-state index in [1.54, 1.807) is 30.4 Å². The Morgan fingerprint density at radius 1 is 1.31 bits per heavy atom. The van der Waals surface area contributed by atoms with Gasteiger partial charge in [0.05, 0.1) is 11.1 Å². The van der Waals surface area contributed by atoms with E-state index in [1.165, 1.54) is 0 Å². The molecule has 2 aromatic heterocycles. The second-order valence-corrected chi connectivity index (χ2v) is 3.55. The minimum Gasteiger partial charge on any atom is -0.383 e. The van der Waals surface area contributed by atoms with Gasteiger partial charge in [0.1, 0.15) is 5.82 Å². The van der Waals surface area contributed by atoms with Crippen LogP contribution in [0.4, 0.5) is 5.82 Å². The lowest BCUT2D eigenvalue weighted by Gasteiger charge is -1.97. The Morgan fingerprint density at radius 3 is 2.69 bits per heavy atom. The molecule has 0 spiro atoms. The molecular formula is C8H8N4S. The molecule has 0 amide bonds. The minimum atomic E-state index is 0.599. The van der Waals surface area contributed by atoms with Crippen LogP contribution in [-0.4, -0.2) is 15.2 Å². The first-order valence-corrected chi connectivity index (χ1v) is 4.54. The van der Waals surface area contributed by atoms with Crippen molar-refractivity contribution in [1.82, 2.24) is 15.2 Å². The van der Waals surface area contributed by atoms with Gasteiger partial charge in [0.2, 0.25) is 0 Å². The van der Waals surface area contributed by atoms with Crippen molar-refractivity contribution in [3.63, 3.8) is 0 Å². The Balaban J connectivity index is 2.20. The largest absolute Gasteiger partial charge is 0.383 e. The number of pyridine rings is 1. The molecular weight excluding hydrogens is 184 g/mol. The fourth-order valence-corrected chi connectivity index (χ4v) is 1.67. The first kappa shape index (κ1) is 8.12. The molecule has 2 aromatic rings. The van der Waals surface area contributed by atoms with E-state index in [0.717, 1.165) is 9.79 Å². The second-order valence-electron chi connectivity index (χ2n) is 2.43. The Morgan fingerprint density at radius 2 is 2.08 bits per heavy atom. The summed E-state index contributed by atoms with van der Waals surface area (Å²) < 4.78 is 0. The molecule has 13 heavy (non-hydrogen) atoms. The topological polar surface area (TPSA) is 67.6 Å². The van der Waals surface area contributed by atoms with Crippen molar-refractivity contribution >= 4 is 17.6 Å². The van der Waals surface area contributed by atoms with Crippen molar-refractivity contribution in [2.75, 3.05) is 5.73 Å². The maximum atomic E-state index is 5.63. The maximum Gasteiger partial charge on any atom is 0.133 e. The standard InChI is InChI=1S/C8H8N4S/c9-8-7(5-11-12-8)13-6-1-3-10-4-2-6/h1-5H,(H3,9,11,12). The molecule has 0 fully saturated rings. The molecule has 4 nitrogen and oxygen atoms in total. The number of anilines is 1. The summed E-state index contributed by atoms with van der Waals surface area (Å²) in [6, 6.07) is 3.86. The van der Waals surface area contributed by atoms with Crippen molar-refractivity contribution in [2.24, 2.45) is 0 Å². The molecule has 0 aromatic carbocycles. The molecule has 2 heterocycles. The molecule has 0 saturated heterocycles. The molecule has 2 rings (SSSR count). The zero-order chi connectivity index (χ0) is 9.10. The number of nitrogens with zero attached hydrogens (tertiary/aromatic N) is 2. The third kappa shape index (κ3) is 1.81. The molecule has 0 saturated carbocycles. The van der Waals surface area contributed by atoms with Gasteiger partial charge in [0.15, 0.2) is 0 Å². The smallest absolute Gasteiger partial charge is 0.133 e. The number of nitrogens with one attached hydrogen (secondary N) is 1. The van der Waals surface area contributed by atoms with E-state index in [0.29, 0.717) is 5.82 Å². The van der Waals surface area contributed by atoms with E-state index in [4.69, 9.17) is 5.73 Å². The highest BCUT2D eigenvalue weighted by Crippen LogP contribution is 2.29. The van der Waals surface area contributed by atoms with Crippen LogP contribution in [0, 0.1) is 0 Å². The van der Waals surface area contributed by atoms with Gasteiger partial charge < -0.3 is 5.73 Å². The number of nitrogen functional groups attached to an aromatic ring is 1. The molecule has 0 bridgehead atoms. The monoisotopic (exact) mass is 192 g/mol. The lowest BCUT2D eigenvalue weighted by molar-refractivity contribution is 1.10. The highest BCUT2D eigenvalue weighted by atomic mass is 32.2. The van der Waals surface area contributed by atoms with Gasteiger partial charge in [-0.25, -0.2) is 0 Å². The van der Waals surface area contributed by atoms with Crippen molar-refractivity contribution in [1.29, 1.82) is 0 Å². The van der Waals surface area contributed by atoms with Crippen LogP contribution in [0.2, 0.25) is 0 Å². The number of aromatic nitrogens is 3. The molecule has 0 aliphatic carbocycles. The summed E-state index contributed by atoms with van der Waals surface area (Å²) in [5, 5.41) is 6.51. The van der Waals surface area contributed by atoms with Gasteiger partial charge >= 0.3 is 0 Å².